The van der Waals surface area contributed by atoms with E-state index in [-0.39, 0.29) is 6.17 Å². The highest BCUT2D eigenvalue weighted by molar-refractivity contribution is 6.31. The van der Waals surface area contributed by atoms with Gasteiger partial charge in [-0.3, -0.25) is 0 Å². The van der Waals surface area contributed by atoms with E-state index >= 15 is 0 Å². The molecule has 0 aliphatic carbocycles. The van der Waals surface area contributed by atoms with Gasteiger partial charge in [0.2, 0.25) is 0 Å². The van der Waals surface area contributed by atoms with Crippen LogP contribution >= 0.6 is 11.6 Å². The zero-order valence-corrected chi connectivity index (χ0v) is 21.4. The number of nitrogens with zero attached hydrogens (tertiary/aromatic N) is 4. The molecule has 2 aromatic carbocycles. The van der Waals surface area contributed by atoms with Crippen LogP contribution in [0.5, 0.6) is 0 Å². The normalized spacial score (nSPS) is 15.8. The van der Waals surface area contributed by atoms with Crippen LogP contribution < -0.4 is 0 Å². The monoisotopic (exact) mass is 464 g/mol. The van der Waals surface area contributed by atoms with Crippen molar-refractivity contribution in [3.8, 4) is 0 Å². The largest absolute Gasteiger partial charge is 0.373 e. The quantitative estimate of drug-likeness (QED) is 0.400. The van der Waals surface area contributed by atoms with Crippen molar-refractivity contribution < 1.29 is 0 Å². The zero-order valence-electron chi connectivity index (χ0n) is 20.7. The molecule has 0 saturated carbocycles. The predicted octanol–water partition coefficient (Wildman–Crippen LogP) is 6.45. The van der Waals surface area contributed by atoms with Crippen molar-refractivity contribution in [2.45, 2.75) is 39.4 Å². The van der Waals surface area contributed by atoms with E-state index in [1.54, 1.807) is 0 Å². The Morgan fingerprint density at radius 2 is 1.82 bits per heavy atom. The Balaban J connectivity index is 2.17. The van der Waals surface area contributed by atoms with Crippen LogP contribution in [-0.2, 0) is 13.0 Å². The van der Waals surface area contributed by atoms with Gasteiger partial charge in [-0.15, -0.1) is 0 Å². The molecule has 4 nitrogen and oxygen atoms in total. The standard InChI is InChI=1S/C28H37ClN4/c1-8-18-31(6)21(4)26-28(30(5)10-3)32(7)27(24-17-16-23(9-2)25(29)19-24)33(26)20-22-14-12-11-13-15-22/h10-17,19,27H,3-4,8-9,18,20H2,1-2,5-7H3. The first-order valence-electron chi connectivity index (χ1n) is 11.7. The van der Waals surface area contributed by atoms with Crippen LogP contribution in [0.25, 0.3) is 0 Å². The number of hydrogen-bond donors (Lipinski definition) is 0. The molecule has 1 unspecified atom stereocenters. The minimum atomic E-state index is -0.0206. The summed E-state index contributed by atoms with van der Waals surface area (Å²) in [5.41, 5.74) is 5.69. The average Bonchev–Trinajstić information content (AvgIpc) is 3.10. The van der Waals surface area contributed by atoms with Gasteiger partial charge in [-0.1, -0.05) is 81.1 Å². The molecule has 0 saturated heterocycles. The van der Waals surface area contributed by atoms with E-state index in [0.717, 1.165) is 53.7 Å². The van der Waals surface area contributed by atoms with Crippen LogP contribution in [0.15, 0.2) is 85.1 Å². The van der Waals surface area contributed by atoms with Gasteiger partial charge < -0.3 is 19.6 Å². The Morgan fingerprint density at radius 3 is 2.39 bits per heavy atom. The lowest BCUT2D eigenvalue weighted by Gasteiger charge is -2.35. The molecule has 2 aromatic rings. The van der Waals surface area contributed by atoms with E-state index in [9.17, 15) is 0 Å². The molecule has 33 heavy (non-hydrogen) atoms. The van der Waals surface area contributed by atoms with Gasteiger partial charge in [-0.25, -0.2) is 0 Å². The molecule has 0 amide bonds. The van der Waals surface area contributed by atoms with Crippen molar-refractivity contribution in [3.05, 3.63) is 107 Å². The van der Waals surface area contributed by atoms with Gasteiger partial charge in [-0.2, -0.15) is 0 Å². The van der Waals surface area contributed by atoms with Gasteiger partial charge >= 0.3 is 0 Å². The Hall–Kier alpha value is -2.85. The average molecular weight is 465 g/mol. The molecule has 0 radical (unpaired) electrons. The number of benzene rings is 2. The van der Waals surface area contributed by atoms with Crippen LogP contribution in [0.3, 0.4) is 0 Å². The maximum Gasteiger partial charge on any atom is 0.136 e. The summed E-state index contributed by atoms with van der Waals surface area (Å²) in [6, 6.07) is 17.1. The number of aryl methyl sites for hydroxylation is 1. The topological polar surface area (TPSA) is 13.0 Å². The fourth-order valence-corrected chi connectivity index (χ4v) is 4.87. The van der Waals surface area contributed by atoms with Crippen LogP contribution in [0, 0.1) is 0 Å². The third kappa shape index (κ3) is 5.06. The second kappa shape index (κ2) is 10.8. The van der Waals surface area contributed by atoms with Gasteiger partial charge in [0.05, 0.1) is 5.70 Å². The molecule has 0 aromatic heterocycles. The van der Waals surface area contributed by atoms with Crippen molar-refractivity contribution in [2.24, 2.45) is 0 Å². The summed E-state index contributed by atoms with van der Waals surface area (Å²) in [4.78, 5) is 9.08. The van der Waals surface area contributed by atoms with E-state index in [1.807, 2.05) is 13.2 Å². The molecular formula is C28H37ClN4. The summed E-state index contributed by atoms with van der Waals surface area (Å²) in [6.45, 7) is 14.6. The highest BCUT2D eigenvalue weighted by Gasteiger charge is 2.40. The highest BCUT2D eigenvalue weighted by Crippen LogP contribution is 2.44. The minimum Gasteiger partial charge on any atom is -0.373 e. The first-order chi connectivity index (χ1) is 15.8. The van der Waals surface area contributed by atoms with Gasteiger partial charge in [0.25, 0.3) is 0 Å². The van der Waals surface area contributed by atoms with Crippen molar-refractivity contribution in [1.82, 2.24) is 19.6 Å². The Kier molecular flexibility index (Phi) is 8.15. The summed E-state index contributed by atoms with van der Waals surface area (Å²) < 4.78 is 0. The van der Waals surface area contributed by atoms with Crippen LogP contribution in [-0.4, -0.2) is 47.3 Å². The SMILES string of the molecule is C=CN(C)C1=C(C(=C)N(C)CCC)N(Cc2ccccc2)C(c2ccc(CC)c(Cl)c2)N1C. The van der Waals surface area contributed by atoms with Crippen molar-refractivity contribution in [3.63, 3.8) is 0 Å². The van der Waals surface area contributed by atoms with Gasteiger partial charge in [0.1, 0.15) is 17.7 Å². The number of rotatable bonds is 10. The molecule has 0 bridgehead atoms. The molecule has 0 fully saturated rings. The molecule has 3 rings (SSSR count). The maximum atomic E-state index is 6.68. The van der Waals surface area contributed by atoms with Crippen LogP contribution in [0.1, 0.15) is 43.1 Å². The lowest BCUT2D eigenvalue weighted by Crippen LogP contribution is -2.33. The molecule has 1 aliphatic heterocycles. The summed E-state index contributed by atoms with van der Waals surface area (Å²) in [6.07, 6.45) is 3.81. The molecule has 1 heterocycles. The fourth-order valence-electron chi connectivity index (χ4n) is 4.55. The number of halogens is 1. The minimum absolute atomic E-state index is 0.0206. The summed E-state index contributed by atoms with van der Waals surface area (Å²) in [5, 5.41) is 0.817. The van der Waals surface area contributed by atoms with E-state index in [1.165, 1.54) is 11.1 Å². The lowest BCUT2D eigenvalue weighted by molar-refractivity contribution is 0.143. The smallest absolute Gasteiger partial charge is 0.136 e. The molecule has 5 heteroatoms. The van der Waals surface area contributed by atoms with E-state index < -0.39 is 0 Å². The van der Waals surface area contributed by atoms with E-state index in [0.29, 0.717) is 0 Å². The Bertz CT molecular complexity index is 1010. The summed E-state index contributed by atoms with van der Waals surface area (Å²) in [7, 11) is 6.30. The first kappa shape index (κ1) is 24.8. The maximum absolute atomic E-state index is 6.68. The molecule has 176 valence electrons. The van der Waals surface area contributed by atoms with Crippen molar-refractivity contribution >= 4 is 11.6 Å². The second-order valence-electron chi connectivity index (χ2n) is 8.64. The van der Waals surface area contributed by atoms with Crippen LogP contribution in [0.4, 0.5) is 0 Å². The van der Waals surface area contributed by atoms with Gasteiger partial charge in [0, 0.05) is 39.3 Å². The second-order valence-corrected chi connectivity index (χ2v) is 9.04. The van der Waals surface area contributed by atoms with E-state index in [2.05, 4.69) is 109 Å². The Labute approximate surface area is 205 Å². The third-order valence-corrected chi connectivity index (χ3v) is 6.70. The Morgan fingerprint density at radius 1 is 1.12 bits per heavy atom. The number of hydrogen-bond acceptors (Lipinski definition) is 4. The predicted molar refractivity (Wildman–Crippen MR) is 140 cm³/mol. The van der Waals surface area contributed by atoms with Crippen molar-refractivity contribution in [1.29, 1.82) is 0 Å². The summed E-state index contributed by atoms with van der Waals surface area (Å²) in [5.74, 6) is 1.08. The third-order valence-electron chi connectivity index (χ3n) is 6.35. The fraction of sp³-hybridized carbons (Fsp3) is 0.357. The lowest BCUT2D eigenvalue weighted by atomic mass is 10.1. The zero-order chi connectivity index (χ0) is 24.1. The highest BCUT2D eigenvalue weighted by atomic mass is 35.5. The molecular weight excluding hydrogens is 428 g/mol. The molecule has 0 N–H and O–H groups in total. The molecule has 1 aliphatic rings. The first-order valence-corrected chi connectivity index (χ1v) is 12.0. The van der Waals surface area contributed by atoms with Crippen LogP contribution in [0.2, 0.25) is 5.02 Å². The van der Waals surface area contributed by atoms with Gasteiger partial charge in [0.15, 0.2) is 0 Å². The van der Waals surface area contributed by atoms with Crippen molar-refractivity contribution in [2.75, 3.05) is 27.7 Å². The molecule has 0 spiro atoms. The summed E-state index contributed by atoms with van der Waals surface area (Å²) >= 11 is 6.68. The van der Waals surface area contributed by atoms with Gasteiger partial charge in [-0.05, 0) is 41.8 Å². The van der Waals surface area contributed by atoms with E-state index in [4.69, 9.17) is 11.6 Å². The molecule has 1 atom stereocenters. The number of likely N-dealkylation sites (N-methyl/N-ethyl adjacent to an activating group) is 1.